The van der Waals surface area contributed by atoms with E-state index in [0.717, 1.165) is 17.8 Å². The predicted molar refractivity (Wildman–Crippen MR) is 78.0 cm³/mol. The van der Waals surface area contributed by atoms with Crippen molar-refractivity contribution in [3.8, 4) is 0 Å². The molecule has 0 aliphatic heterocycles. The molecule has 1 unspecified atom stereocenters. The van der Waals surface area contributed by atoms with Gasteiger partial charge in [0.25, 0.3) is 0 Å². The molecular weight excluding hydrogens is 220 g/mol. The lowest BCUT2D eigenvalue weighted by molar-refractivity contribution is 0.117. The molecule has 0 amide bonds. The Balaban J connectivity index is 1.87. The fourth-order valence-corrected chi connectivity index (χ4v) is 4.32. The van der Waals surface area contributed by atoms with Crippen LogP contribution in [-0.2, 0) is 0 Å². The summed E-state index contributed by atoms with van der Waals surface area (Å²) in [6, 6.07) is 0.591. The Labute approximate surface area is 113 Å². The molecule has 2 aliphatic rings. The van der Waals surface area contributed by atoms with Crippen LogP contribution < -0.4 is 11.3 Å². The van der Waals surface area contributed by atoms with Gasteiger partial charge in [-0.3, -0.25) is 11.3 Å². The maximum Gasteiger partial charge on any atom is 0.0266 e. The fraction of sp³-hybridized carbons (Fsp3) is 1.00. The molecule has 3 N–H and O–H groups in total. The second kappa shape index (κ2) is 5.92. The van der Waals surface area contributed by atoms with Gasteiger partial charge in [0.2, 0.25) is 0 Å². The van der Waals surface area contributed by atoms with Crippen molar-refractivity contribution >= 4 is 0 Å². The summed E-state index contributed by atoms with van der Waals surface area (Å²) < 4.78 is 0. The SMILES string of the molecule is CC(C)(C)C1CCC(C(NN)C2CCCC2)CC1. The van der Waals surface area contributed by atoms with Crippen LogP contribution in [0.5, 0.6) is 0 Å². The Bertz CT molecular complexity index is 242. The van der Waals surface area contributed by atoms with Crippen molar-refractivity contribution < 1.29 is 0 Å². The first-order valence-electron chi connectivity index (χ1n) is 7.98. The first-order chi connectivity index (χ1) is 8.52. The summed E-state index contributed by atoms with van der Waals surface area (Å²) in [5.74, 6) is 8.45. The molecule has 0 heterocycles. The van der Waals surface area contributed by atoms with Gasteiger partial charge in [0.05, 0.1) is 0 Å². The van der Waals surface area contributed by atoms with Crippen LogP contribution in [-0.4, -0.2) is 6.04 Å². The lowest BCUT2D eigenvalue weighted by atomic mass is 9.67. The van der Waals surface area contributed by atoms with Gasteiger partial charge >= 0.3 is 0 Å². The van der Waals surface area contributed by atoms with Crippen LogP contribution >= 0.6 is 0 Å². The Morgan fingerprint density at radius 3 is 1.83 bits per heavy atom. The second-order valence-electron chi connectivity index (χ2n) is 7.71. The standard InChI is InChI=1S/C16H32N2/c1-16(2,3)14-10-8-13(9-11-14)15(18-17)12-6-4-5-7-12/h12-15,18H,4-11,17H2,1-3H3. The van der Waals surface area contributed by atoms with Crippen molar-refractivity contribution in [3.05, 3.63) is 0 Å². The van der Waals surface area contributed by atoms with Crippen LogP contribution in [0.4, 0.5) is 0 Å². The molecule has 1 atom stereocenters. The van der Waals surface area contributed by atoms with E-state index in [1.54, 1.807) is 0 Å². The maximum absolute atomic E-state index is 5.85. The summed E-state index contributed by atoms with van der Waals surface area (Å²) in [4.78, 5) is 0. The Morgan fingerprint density at radius 2 is 1.39 bits per heavy atom. The van der Waals surface area contributed by atoms with Gasteiger partial charge in [-0.15, -0.1) is 0 Å². The van der Waals surface area contributed by atoms with Crippen LogP contribution in [0.2, 0.25) is 0 Å². The van der Waals surface area contributed by atoms with Crippen LogP contribution in [0.25, 0.3) is 0 Å². The van der Waals surface area contributed by atoms with E-state index in [-0.39, 0.29) is 0 Å². The highest BCUT2D eigenvalue weighted by atomic mass is 15.2. The van der Waals surface area contributed by atoms with Crippen molar-refractivity contribution in [2.24, 2.45) is 29.0 Å². The van der Waals surface area contributed by atoms with Crippen molar-refractivity contribution in [1.29, 1.82) is 0 Å². The van der Waals surface area contributed by atoms with Crippen LogP contribution in [0.3, 0.4) is 0 Å². The highest BCUT2D eigenvalue weighted by Crippen LogP contribution is 2.43. The molecule has 18 heavy (non-hydrogen) atoms. The summed E-state index contributed by atoms with van der Waals surface area (Å²) in [5, 5.41) is 0. The van der Waals surface area contributed by atoms with Gasteiger partial charge in [-0.2, -0.15) is 0 Å². The fourth-order valence-electron chi connectivity index (χ4n) is 4.32. The molecule has 2 fully saturated rings. The van der Waals surface area contributed by atoms with Crippen LogP contribution in [0.15, 0.2) is 0 Å². The Hall–Kier alpha value is -0.0800. The van der Waals surface area contributed by atoms with Gasteiger partial charge in [0.1, 0.15) is 0 Å². The van der Waals surface area contributed by atoms with E-state index in [2.05, 4.69) is 26.2 Å². The third kappa shape index (κ3) is 3.27. The summed E-state index contributed by atoms with van der Waals surface area (Å²) in [7, 11) is 0. The molecule has 0 aromatic carbocycles. The number of hydrogen-bond donors (Lipinski definition) is 2. The third-order valence-electron chi connectivity index (χ3n) is 5.60. The molecule has 2 rings (SSSR count). The summed E-state index contributed by atoms with van der Waals surface area (Å²) in [5.41, 5.74) is 3.66. The molecule has 2 heteroatoms. The van der Waals surface area contributed by atoms with E-state index in [1.807, 2.05) is 0 Å². The molecule has 106 valence electrons. The zero-order valence-electron chi connectivity index (χ0n) is 12.5. The monoisotopic (exact) mass is 252 g/mol. The van der Waals surface area contributed by atoms with Crippen molar-refractivity contribution in [3.63, 3.8) is 0 Å². The molecular formula is C16H32N2. The van der Waals surface area contributed by atoms with E-state index in [9.17, 15) is 0 Å². The molecule has 0 aromatic rings. The van der Waals surface area contributed by atoms with Crippen LogP contribution in [0.1, 0.15) is 72.1 Å². The summed E-state index contributed by atoms with van der Waals surface area (Å²) in [6.07, 6.45) is 11.2. The van der Waals surface area contributed by atoms with Crippen molar-refractivity contribution in [2.45, 2.75) is 78.2 Å². The number of hydrogen-bond acceptors (Lipinski definition) is 2. The van der Waals surface area contributed by atoms with E-state index in [4.69, 9.17) is 5.84 Å². The highest BCUT2D eigenvalue weighted by molar-refractivity contribution is 4.89. The van der Waals surface area contributed by atoms with E-state index in [1.165, 1.54) is 51.4 Å². The lowest BCUT2D eigenvalue weighted by Gasteiger charge is -2.40. The minimum Gasteiger partial charge on any atom is -0.271 e. The number of nitrogens with two attached hydrogens (primary N) is 1. The first kappa shape index (κ1) is 14.3. The van der Waals surface area contributed by atoms with Crippen molar-refractivity contribution in [1.82, 2.24) is 5.43 Å². The minimum absolute atomic E-state index is 0.490. The highest BCUT2D eigenvalue weighted by Gasteiger charge is 2.36. The molecule has 2 nitrogen and oxygen atoms in total. The van der Waals surface area contributed by atoms with E-state index in [0.29, 0.717) is 11.5 Å². The first-order valence-corrected chi connectivity index (χ1v) is 7.98. The normalized spacial score (nSPS) is 32.7. The van der Waals surface area contributed by atoms with Gasteiger partial charge in [0, 0.05) is 6.04 Å². The average Bonchev–Trinajstić information content (AvgIpc) is 2.83. The van der Waals surface area contributed by atoms with Gasteiger partial charge in [-0.05, 0) is 61.7 Å². The Kier molecular flexibility index (Phi) is 4.71. The molecule has 2 saturated carbocycles. The topological polar surface area (TPSA) is 38.0 Å². The molecule has 0 bridgehead atoms. The van der Waals surface area contributed by atoms with E-state index >= 15 is 0 Å². The zero-order chi connectivity index (χ0) is 13.2. The van der Waals surface area contributed by atoms with Gasteiger partial charge < -0.3 is 0 Å². The number of nitrogens with one attached hydrogen (secondary N) is 1. The molecule has 0 spiro atoms. The average molecular weight is 252 g/mol. The van der Waals surface area contributed by atoms with E-state index < -0.39 is 0 Å². The van der Waals surface area contributed by atoms with Crippen molar-refractivity contribution in [2.75, 3.05) is 0 Å². The minimum atomic E-state index is 0.490. The smallest absolute Gasteiger partial charge is 0.0266 e. The summed E-state index contributed by atoms with van der Waals surface area (Å²) >= 11 is 0. The number of hydrazine groups is 1. The quantitative estimate of drug-likeness (QED) is 0.591. The zero-order valence-corrected chi connectivity index (χ0v) is 12.5. The second-order valence-corrected chi connectivity index (χ2v) is 7.71. The lowest BCUT2D eigenvalue weighted by Crippen LogP contribution is -2.47. The maximum atomic E-state index is 5.85. The molecule has 0 aromatic heterocycles. The largest absolute Gasteiger partial charge is 0.271 e. The van der Waals surface area contributed by atoms with Gasteiger partial charge in [0.15, 0.2) is 0 Å². The molecule has 0 radical (unpaired) electrons. The molecule has 0 saturated heterocycles. The predicted octanol–water partition coefficient (Wildman–Crippen LogP) is 3.86. The molecule has 2 aliphatic carbocycles. The Morgan fingerprint density at radius 1 is 0.889 bits per heavy atom. The van der Waals surface area contributed by atoms with Gasteiger partial charge in [-0.25, -0.2) is 0 Å². The third-order valence-corrected chi connectivity index (χ3v) is 5.60. The number of rotatable bonds is 3. The summed E-state index contributed by atoms with van der Waals surface area (Å²) in [6.45, 7) is 7.19. The van der Waals surface area contributed by atoms with Gasteiger partial charge in [-0.1, -0.05) is 33.6 Å². The van der Waals surface area contributed by atoms with Crippen LogP contribution in [0, 0.1) is 23.2 Å².